The first-order valence-electron chi connectivity index (χ1n) is 8.29. The molecule has 0 aromatic carbocycles. The second-order valence-electron chi connectivity index (χ2n) is 9.22. The van der Waals surface area contributed by atoms with Gasteiger partial charge in [0.2, 0.25) is 0 Å². The van der Waals surface area contributed by atoms with Gasteiger partial charge in [0.1, 0.15) is 0 Å². The highest BCUT2D eigenvalue weighted by atomic mass is 28.4. The summed E-state index contributed by atoms with van der Waals surface area (Å²) < 4.78 is 6.77. The van der Waals surface area contributed by atoms with Crippen molar-refractivity contribution in [1.82, 2.24) is 0 Å². The number of rotatable bonds is 3. The predicted molar refractivity (Wildman–Crippen MR) is 87.3 cm³/mol. The molecule has 0 radical (unpaired) electrons. The maximum absolute atomic E-state index is 9.78. The topological polar surface area (TPSA) is 29.5 Å². The Hall–Kier alpha value is 0.137. The first-order chi connectivity index (χ1) is 9.00. The Morgan fingerprint density at radius 2 is 1.80 bits per heavy atom. The van der Waals surface area contributed by atoms with Gasteiger partial charge in [0, 0.05) is 12.7 Å². The predicted octanol–water partition coefficient (Wildman–Crippen LogP) is 4.44. The van der Waals surface area contributed by atoms with E-state index < -0.39 is 8.32 Å². The van der Waals surface area contributed by atoms with E-state index in [-0.39, 0.29) is 5.04 Å². The van der Waals surface area contributed by atoms with Crippen molar-refractivity contribution in [3.63, 3.8) is 0 Å². The molecule has 0 aromatic heterocycles. The molecule has 0 heterocycles. The molecule has 4 atom stereocenters. The molecular formula is C17H34O2Si. The molecule has 0 aromatic rings. The van der Waals surface area contributed by atoms with E-state index >= 15 is 0 Å². The van der Waals surface area contributed by atoms with Gasteiger partial charge in [0.25, 0.3) is 0 Å². The Kier molecular flexibility index (Phi) is 4.21. The van der Waals surface area contributed by atoms with Gasteiger partial charge in [-0.15, -0.1) is 0 Å². The van der Waals surface area contributed by atoms with Gasteiger partial charge >= 0.3 is 0 Å². The number of hydrogen-bond acceptors (Lipinski definition) is 2. The molecule has 2 bridgehead atoms. The third-order valence-electron chi connectivity index (χ3n) is 6.69. The summed E-state index contributed by atoms with van der Waals surface area (Å²) in [4.78, 5) is 0. The van der Waals surface area contributed by atoms with Crippen LogP contribution in [0.25, 0.3) is 0 Å². The Balaban J connectivity index is 2.21. The average molecular weight is 299 g/mol. The van der Waals surface area contributed by atoms with E-state index in [1.807, 2.05) is 0 Å². The van der Waals surface area contributed by atoms with Crippen LogP contribution in [0.15, 0.2) is 0 Å². The summed E-state index contributed by atoms with van der Waals surface area (Å²) in [5.74, 6) is 1.77. The van der Waals surface area contributed by atoms with Crippen LogP contribution in [0.4, 0.5) is 0 Å². The normalized spacial score (nSPS) is 37.2. The Bertz CT molecular complexity index is 356. The number of hydrogen-bond donors (Lipinski definition) is 1. The lowest BCUT2D eigenvalue weighted by molar-refractivity contribution is -0.0202. The smallest absolute Gasteiger partial charge is 0.192 e. The van der Waals surface area contributed by atoms with Crippen molar-refractivity contribution in [3.8, 4) is 0 Å². The molecule has 3 heteroatoms. The fraction of sp³-hybridized carbons (Fsp3) is 1.00. The van der Waals surface area contributed by atoms with Crippen LogP contribution >= 0.6 is 0 Å². The second-order valence-corrected chi connectivity index (χ2v) is 14.0. The summed E-state index contributed by atoms with van der Waals surface area (Å²) in [6.45, 7) is 16.8. The largest absolute Gasteiger partial charge is 0.414 e. The van der Waals surface area contributed by atoms with Crippen molar-refractivity contribution < 1.29 is 9.53 Å². The lowest BCUT2D eigenvalue weighted by Gasteiger charge is -2.48. The summed E-state index contributed by atoms with van der Waals surface area (Å²) in [5.41, 5.74) is 0.332. The number of fused-ring (bicyclic) bond motifs is 2. The molecule has 2 saturated carbocycles. The van der Waals surface area contributed by atoms with Crippen LogP contribution in [0.1, 0.15) is 53.9 Å². The van der Waals surface area contributed by atoms with Gasteiger partial charge in [-0.05, 0) is 60.6 Å². The van der Waals surface area contributed by atoms with E-state index in [2.05, 4.69) is 47.7 Å². The Labute approximate surface area is 126 Å². The van der Waals surface area contributed by atoms with Crippen molar-refractivity contribution in [1.29, 1.82) is 0 Å². The van der Waals surface area contributed by atoms with E-state index in [1.165, 1.54) is 19.3 Å². The monoisotopic (exact) mass is 298 g/mol. The minimum atomic E-state index is -1.72. The standard InChI is InChI=1S/C17H34O2Si/c1-16(2,3)20(6,7)19-14-9-8-13-10-12(11-18)15(14)17(13,4)5/h12-15,18H,8-11H2,1-7H3/t12?,13?,14-,15?/m1/s1. The fourth-order valence-corrected chi connectivity index (χ4v) is 5.76. The van der Waals surface area contributed by atoms with E-state index in [0.29, 0.717) is 30.0 Å². The summed E-state index contributed by atoms with van der Waals surface area (Å²) in [5, 5.41) is 10.0. The van der Waals surface area contributed by atoms with Crippen LogP contribution in [-0.4, -0.2) is 26.1 Å². The van der Waals surface area contributed by atoms with Gasteiger partial charge in [-0.25, -0.2) is 0 Å². The Morgan fingerprint density at radius 3 is 2.30 bits per heavy atom. The lowest BCUT2D eigenvalue weighted by Crippen LogP contribution is -2.50. The van der Waals surface area contributed by atoms with Crippen LogP contribution in [0.2, 0.25) is 18.1 Å². The SMILES string of the molecule is CC1(C)C2CC[C@@H](O[Si](C)(C)C(C)(C)C)C1C(CO)C2. The molecule has 3 unspecified atom stereocenters. The van der Waals surface area contributed by atoms with E-state index in [4.69, 9.17) is 4.43 Å². The molecule has 0 spiro atoms. The van der Waals surface area contributed by atoms with E-state index in [9.17, 15) is 5.11 Å². The first-order valence-corrected chi connectivity index (χ1v) is 11.2. The minimum Gasteiger partial charge on any atom is -0.414 e. The maximum atomic E-state index is 9.78. The Morgan fingerprint density at radius 1 is 1.20 bits per heavy atom. The maximum Gasteiger partial charge on any atom is 0.192 e. The van der Waals surface area contributed by atoms with Gasteiger partial charge in [-0.1, -0.05) is 34.6 Å². The quantitative estimate of drug-likeness (QED) is 0.780. The van der Waals surface area contributed by atoms with Gasteiger partial charge < -0.3 is 9.53 Å². The average Bonchev–Trinajstić information content (AvgIpc) is 2.43. The first kappa shape index (κ1) is 16.5. The lowest BCUT2D eigenvalue weighted by atomic mass is 9.65. The fourth-order valence-electron chi connectivity index (χ4n) is 4.39. The number of aliphatic hydroxyl groups excluding tert-OH is 1. The van der Waals surface area contributed by atoms with Crippen LogP contribution in [0.5, 0.6) is 0 Å². The molecule has 2 aliphatic rings. The second kappa shape index (κ2) is 5.10. The zero-order valence-corrected chi connectivity index (χ0v) is 15.5. The molecule has 0 saturated heterocycles. The molecule has 2 rings (SSSR count). The highest BCUT2D eigenvalue weighted by Crippen LogP contribution is 2.59. The molecule has 2 nitrogen and oxygen atoms in total. The van der Waals surface area contributed by atoms with Gasteiger partial charge in [-0.2, -0.15) is 0 Å². The summed E-state index contributed by atoms with van der Waals surface area (Å²) in [6.07, 6.45) is 4.04. The third-order valence-corrected chi connectivity index (χ3v) is 11.2. The molecule has 1 N–H and O–H groups in total. The van der Waals surface area contributed by atoms with E-state index in [0.717, 1.165) is 5.92 Å². The zero-order valence-electron chi connectivity index (χ0n) is 14.5. The van der Waals surface area contributed by atoms with E-state index in [1.54, 1.807) is 0 Å². The molecule has 0 amide bonds. The van der Waals surface area contributed by atoms with Crippen molar-refractivity contribution in [3.05, 3.63) is 0 Å². The minimum absolute atomic E-state index is 0.265. The summed E-state index contributed by atoms with van der Waals surface area (Å²) >= 11 is 0. The molecular weight excluding hydrogens is 264 g/mol. The molecule has 2 aliphatic carbocycles. The molecule has 0 aliphatic heterocycles. The van der Waals surface area contributed by atoms with Crippen molar-refractivity contribution in [2.75, 3.05) is 6.61 Å². The number of aliphatic hydroxyl groups is 1. The summed E-state index contributed by atoms with van der Waals surface area (Å²) in [6, 6.07) is 0. The molecule has 20 heavy (non-hydrogen) atoms. The van der Waals surface area contributed by atoms with Crippen LogP contribution in [-0.2, 0) is 4.43 Å². The van der Waals surface area contributed by atoms with Crippen molar-refractivity contribution >= 4 is 8.32 Å². The molecule has 2 fully saturated rings. The van der Waals surface area contributed by atoms with Crippen molar-refractivity contribution in [2.24, 2.45) is 23.2 Å². The van der Waals surface area contributed by atoms with Gasteiger partial charge in [0.05, 0.1) is 0 Å². The van der Waals surface area contributed by atoms with Crippen LogP contribution in [0.3, 0.4) is 0 Å². The highest BCUT2D eigenvalue weighted by molar-refractivity contribution is 6.74. The van der Waals surface area contributed by atoms with Crippen molar-refractivity contribution in [2.45, 2.75) is 78.1 Å². The van der Waals surface area contributed by atoms with Gasteiger partial charge in [0.15, 0.2) is 8.32 Å². The molecule has 118 valence electrons. The summed E-state index contributed by atoms with van der Waals surface area (Å²) in [7, 11) is -1.72. The van der Waals surface area contributed by atoms with Crippen LogP contribution < -0.4 is 0 Å². The van der Waals surface area contributed by atoms with Crippen LogP contribution in [0, 0.1) is 23.2 Å². The third kappa shape index (κ3) is 2.61. The van der Waals surface area contributed by atoms with Gasteiger partial charge in [-0.3, -0.25) is 0 Å². The highest BCUT2D eigenvalue weighted by Gasteiger charge is 2.56. The zero-order chi connectivity index (χ0) is 15.3.